The zero-order valence-electron chi connectivity index (χ0n) is 10.4. The number of hydrogen-bond acceptors (Lipinski definition) is 4. The van der Waals surface area contributed by atoms with Crippen LogP contribution < -0.4 is 5.32 Å². The second kappa shape index (κ2) is 4.60. The quantitative estimate of drug-likeness (QED) is 0.849. The number of nitriles is 1. The van der Waals surface area contributed by atoms with Gasteiger partial charge < -0.3 is 5.32 Å². The van der Waals surface area contributed by atoms with Crippen LogP contribution in [0, 0.1) is 23.2 Å². The lowest BCUT2D eigenvalue weighted by molar-refractivity contribution is 0.448. The van der Waals surface area contributed by atoms with Crippen LogP contribution in [0.25, 0.3) is 0 Å². The van der Waals surface area contributed by atoms with Crippen LogP contribution in [0.5, 0.6) is 0 Å². The molecule has 2 aliphatic rings. The summed E-state index contributed by atoms with van der Waals surface area (Å²) in [5.74, 6) is 0.876. The molecule has 0 aliphatic carbocycles. The molecule has 0 saturated carbocycles. The third-order valence-electron chi connectivity index (χ3n) is 3.98. The highest BCUT2D eigenvalue weighted by Crippen LogP contribution is 2.30. The first-order valence-corrected chi connectivity index (χ1v) is 7.76. The molecule has 2 fully saturated rings. The summed E-state index contributed by atoms with van der Waals surface area (Å²) in [5.41, 5.74) is 0.474. The normalized spacial score (nSPS) is 27.1. The van der Waals surface area contributed by atoms with E-state index < -0.39 is 10.0 Å². The molecule has 0 aromatic heterocycles. The Morgan fingerprint density at radius 3 is 2.26 bits per heavy atom. The van der Waals surface area contributed by atoms with E-state index in [4.69, 9.17) is 5.26 Å². The van der Waals surface area contributed by atoms with Crippen molar-refractivity contribution in [3.05, 3.63) is 29.8 Å². The van der Waals surface area contributed by atoms with Gasteiger partial charge in [0.15, 0.2) is 0 Å². The van der Waals surface area contributed by atoms with Crippen LogP contribution in [-0.2, 0) is 10.0 Å². The minimum absolute atomic E-state index is 0.277. The topological polar surface area (TPSA) is 73.2 Å². The van der Waals surface area contributed by atoms with E-state index in [0.29, 0.717) is 30.5 Å². The van der Waals surface area contributed by atoms with E-state index in [0.717, 1.165) is 13.1 Å². The lowest BCUT2D eigenvalue weighted by Crippen LogP contribution is -2.31. The standard InChI is InChI=1S/C13H15N3O2S/c14-5-10-1-3-13(4-2-10)19(17,18)16-8-11-6-15-7-12(11)9-16/h1-4,11-12,15H,6-9H2/t11-,12+. The number of fused-ring (bicyclic) bond motifs is 1. The summed E-state index contributed by atoms with van der Waals surface area (Å²) in [6.45, 7) is 3.01. The third-order valence-corrected chi connectivity index (χ3v) is 5.82. The van der Waals surface area contributed by atoms with Crippen molar-refractivity contribution in [2.75, 3.05) is 26.2 Å². The van der Waals surface area contributed by atoms with Crippen LogP contribution in [0.4, 0.5) is 0 Å². The van der Waals surface area contributed by atoms with Gasteiger partial charge in [-0.3, -0.25) is 0 Å². The average molecular weight is 277 g/mol. The fourth-order valence-electron chi connectivity index (χ4n) is 2.86. The van der Waals surface area contributed by atoms with Crippen LogP contribution in [0.15, 0.2) is 29.2 Å². The molecule has 2 saturated heterocycles. The van der Waals surface area contributed by atoms with Crippen molar-refractivity contribution in [2.24, 2.45) is 11.8 Å². The molecule has 6 heteroatoms. The van der Waals surface area contributed by atoms with Gasteiger partial charge in [0, 0.05) is 13.1 Å². The van der Waals surface area contributed by atoms with Crippen LogP contribution >= 0.6 is 0 Å². The first kappa shape index (κ1) is 12.6. The summed E-state index contributed by atoms with van der Waals surface area (Å²) in [7, 11) is -3.41. The molecule has 1 aromatic rings. The Bertz CT molecular complexity index is 606. The van der Waals surface area contributed by atoms with Crippen molar-refractivity contribution in [3.63, 3.8) is 0 Å². The maximum atomic E-state index is 12.5. The highest BCUT2D eigenvalue weighted by Gasteiger charge is 2.41. The molecule has 0 bridgehead atoms. The Morgan fingerprint density at radius 2 is 1.74 bits per heavy atom. The molecule has 1 aromatic carbocycles. The van der Waals surface area contributed by atoms with E-state index in [1.54, 1.807) is 16.4 Å². The fraction of sp³-hybridized carbons (Fsp3) is 0.462. The summed E-state index contributed by atoms with van der Waals surface area (Å²) in [4.78, 5) is 0.277. The molecule has 3 rings (SSSR count). The van der Waals surface area contributed by atoms with E-state index in [1.807, 2.05) is 6.07 Å². The second-order valence-corrected chi connectivity index (χ2v) is 7.07. The molecule has 1 N–H and O–H groups in total. The van der Waals surface area contributed by atoms with Gasteiger partial charge in [-0.15, -0.1) is 0 Å². The molecule has 5 nitrogen and oxygen atoms in total. The van der Waals surface area contributed by atoms with Gasteiger partial charge in [0.2, 0.25) is 10.0 Å². The van der Waals surface area contributed by atoms with Crippen molar-refractivity contribution in [3.8, 4) is 6.07 Å². The molecule has 0 unspecified atom stereocenters. The monoisotopic (exact) mass is 277 g/mol. The van der Waals surface area contributed by atoms with Gasteiger partial charge in [-0.05, 0) is 49.2 Å². The first-order valence-electron chi connectivity index (χ1n) is 6.32. The van der Waals surface area contributed by atoms with Crippen molar-refractivity contribution in [1.82, 2.24) is 9.62 Å². The lowest BCUT2D eigenvalue weighted by atomic mass is 10.0. The highest BCUT2D eigenvalue weighted by atomic mass is 32.2. The minimum Gasteiger partial charge on any atom is -0.316 e. The van der Waals surface area contributed by atoms with Crippen LogP contribution in [0.1, 0.15) is 5.56 Å². The van der Waals surface area contributed by atoms with Crippen LogP contribution in [0.2, 0.25) is 0 Å². The molecule has 0 spiro atoms. The van der Waals surface area contributed by atoms with E-state index in [2.05, 4.69) is 5.32 Å². The molecule has 100 valence electrons. The van der Waals surface area contributed by atoms with E-state index >= 15 is 0 Å². The number of benzene rings is 1. The molecular formula is C13H15N3O2S. The Balaban J connectivity index is 1.84. The van der Waals surface area contributed by atoms with Crippen molar-refractivity contribution < 1.29 is 8.42 Å². The molecule has 19 heavy (non-hydrogen) atoms. The number of hydrogen-bond donors (Lipinski definition) is 1. The number of nitrogens with zero attached hydrogens (tertiary/aromatic N) is 2. The van der Waals surface area contributed by atoms with E-state index in [9.17, 15) is 8.42 Å². The van der Waals surface area contributed by atoms with Crippen LogP contribution in [-0.4, -0.2) is 38.9 Å². The zero-order valence-corrected chi connectivity index (χ0v) is 11.2. The first-order chi connectivity index (χ1) is 9.11. The number of rotatable bonds is 2. The van der Waals surface area contributed by atoms with Gasteiger partial charge in [-0.25, -0.2) is 8.42 Å². The lowest BCUT2D eigenvalue weighted by Gasteiger charge is -2.17. The van der Waals surface area contributed by atoms with E-state index in [-0.39, 0.29) is 4.90 Å². The minimum atomic E-state index is -3.41. The summed E-state index contributed by atoms with van der Waals surface area (Å²) in [6, 6.07) is 8.11. The molecule has 0 amide bonds. The smallest absolute Gasteiger partial charge is 0.243 e. The summed E-state index contributed by atoms with van der Waals surface area (Å²) < 4.78 is 26.5. The molecular weight excluding hydrogens is 262 g/mol. The fourth-order valence-corrected chi connectivity index (χ4v) is 4.41. The van der Waals surface area contributed by atoms with Gasteiger partial charge in [-0.2, -0.15) is 9.57 Å². The second-order valence-electron chi connectivity index (χ2n) is 5.14. The van der Waals surface area contributed by atoms with Gasteiger partial charge in [-0.1, -0.05) is 0 Å². The largest absolute Gasteiger partial charge is 0.316 e. The predicted molar refractivity (Wildman–Crippen MR) is 69.8 cm³/mol. The van der Waals surface area contributed by atoms with Crippen LogP contribution in [0.3, 0.4) is 0 Å². The van der Waals surface area contributed by atoms with Crippen molar-refractivity contribution in [2.45, 2.75) is 4.90 Å². The van der Waals surface area contributed by atoms with Gasteiger partial charge >= 0.3 is 0 Å². The maximum Gasteiger partial charge on any atom is 0.243 e. The molecule has 2 aliphatic heterocycles. The zero-order chi connectivity index (χ0) is 13.5. The molecule has 2 atom stereocenters. The van der Waals surface area contributed by atoms with Gasteiger partial charge in [0.05, 0.1) is 16.5 Å². The Morgan fingerprint density at radius 1 is 1.16 bits per heavy atom. The molecule has 2 heterocycles. The summed E-state index contributed by atoms with van der Waals surface area (Å²) in [5, 5.41) is 12.0. The Hall–Kier alpha value is -1.42. The Labute approximate surface area is 112 Å². The molecule has 0 radical (unpaired) electrons. The van der Waals surface area contributed by atoms with Crippen molar-refractivity contribution >= 4 is 10.0 Å². The predicted octanol–water partition coefficient (Wildman–Crippen LogP) is 0.398. The van der Waals surface area contributed by atoms with Gasteiger partial charge in [0.1, 0.15) is 0 Å². The van der Waals surface area contributed by atoms with Crippen molar-refractivity contribution in [1.29, 1.82) is 5.26 Å². The van der Waals surface area contributed by atoms with Gasteiger partial charge in [0.25, 0.3) is 0 Å². The summed E-state index contributed by atoms with van der Waals surface area (Å²) >= 11 is 0. The number of nitrogens with one attached hydrogen (secondary N) is 1. The average Bonchev–Trinajstić information content (AvgIpc) is 2.99. The highest BCUT2D eigenvalue weighted by molar-refractivity contribution is 7.89. The summed E-state index contributed by atoms with van der Waals surface area (Å²) in [6.07, 6.45) is 0. The van der Waals surface area contributed by atoms with E-state index in [1.165, 1.54) is 12.1 Å². The Kier molecular flexibility index (Phi) is 3.05. The maximum absolute atomic E-state index is 12.5. The number of sulfonamides is 1. The third kappa shape index (κ3) is 2.14. The SMILES string of the molecule is N#Cc1ccc(S(=O)(=O)N2C[C@H]3CNC[C@H]3C2)cc1.